The highest BCUT2D eigenvalue weighted by molar-refractivity contribution is 4.78. The number of rotatable bonds is 3. The van der Waals surface area contributed by atoms with Gasteiger partial charge in [0, 0.05) is 0 Å². The van der Waals surface area contributed by atoms with Gasteiger partial charge in [-0.25, -0.2) is 0 Å². The molecule has 0 aromatic rings. The molecule has 0 N–H and O–H groups in total. The smallest absolute Gasteiger partial charge is 0.107 e. The summed E-state index contributed by atoms with van der Waals surface area (Å²) in [7, 11) is 0. The molecule has 12 heavy (non-hydrogen) atoms. The zero-order valence-electron chi connectivity index (χ0n) is 7.79. The molecule has 1 saturated heterocycles. The standard InChI is InChI=1S/C10H18O2/c1-8(10-7-11-10)12-9-5-3-2-4-6-9/h8-10H,2-7H2,1H3/t8-,10-/m1/s1. The van der Waals surface area contributed by atoms with Gasteiger partial charge in [-0.1, -0.05) is 19.3 Å². The van der Waals surface area contributed by atoms with Gasteiger partial charge in [-0.3, -0.25) is 0 Å². The Morgan fingerprint density at radius 1 is 1.25 bits per heavy atom. The first-order chi connectivity index (χ1) is 5.86. The molecule has 1 aliphatic heterocycles. The van der Waals surface area contributed by atoms with E-state index in [1.807, 2.05) is 0 Å². The van der Waals surface area contributed by atoms with Crippen molar-refractivity contribution in [2.75, 3.05) is 6.61 Å². The largest absolute Gasteiger partial charge is 0.372 e. The second-order valence-electron chi connectivity index (χ2n) is 3.97. The van der Waals surface area contributed by atoms with E-state index in [1.54, 1.807) is 0 Å². The van der Waals surface area contributed by atoms with Crippen LogP contribution in [-0.4, -0.2) is 24.9 Å². The molecule has 0 aromatic heterocycles. The molecule has 70 valence electrons. The molecule has 0 radical (unpaired) electrons. The maximum atomic E-state index is 5.89. The van der Waals surface area contributed by atoms with Crippen molar-refractivity contribution < 1.29 is 9.47 Å². The van der Waals surface area contributed by atoms with E-state index < -0.39 is 0 Å². The van der Waals surface area contributed by atoms with Gasteiger partial charge in [0.25, 0.3) is 0 Å². The summed E-state index contributed by atoms with van der Waals surface area (Å²) >= 11 is 0. The highest BCUT2D eigenvalue weighted by atomic mass is 16.6. The first-order valence-corrected chi connectivity index (χ1v) is 5.13. The molecule has 2 heteroatoms. The summed E-state index contributed by atoms with van der Waals surface area (Å²) in [6.45, 7) is 3.04. The van der Waals surface area contributed by atoms with E-state index >= 15 is 0 Å². The van der Waals surface area contributed by atoms with Gasteiger partial charge in [-0.2, -0.15) is 0 Å². The highest BCUT2D eigenvalue weighted by Crippen LogP contribution is 2.25. The summed E-state index contributed by atoms with van der Waals surface area (Å²) in [5.41, 5.74) is 0. The van der Waals surface area contributed by atoms with Crippen molar-refractivity contribution in [2.24, 2.45) is 0 Å². The Kier molecular flexibility index (Phi) is 2.66. The minimum absolute atomic E-state index is 0.327. The van der Waals surface area contributed by atoms with Crippen LogP contribution >= 0.6 is 0 Å². The summed E-state index contributed by atoms with van der Waals surface area (Å²) in [5, 5.41) is 0. The molecule has 2 nitrogen and oxygen atoms in total. The fourth-order valence-electron chi connectivity index (χ4n) is 1.92. The Morgan fingerprint density at radius 3 is 2.50 bits per heavy atom. The zero-order chi connectivity index (χ0) is 8.39. The van der Waals surface area contributed by atoms with Gasteiger partial charge in [-0.15, -0.1) is 0 Å². The monoisotopic (exact) mass is 170 g/mol. The van der Waals surface area contributed by atoms with Crippen LogP contribution in [-0.2, 0) is 9.47 Å². The molecule has 1 saturated carbocycles. The fourth-order valence-corrected chi connectivity index (χ4v) is 1.92. The summed E-state index contributed by atoms with van der Waals surface area (Å²) in [6.07, 6.45) is 7.88. The molecule has 1 heterocycles. The highest BCUT2D eigenvalue weighted by Gasteiger charge is 2.32. The van der Waals surface area contributed by atoms with Crippen molar-refractivity contribution in [3.8, 4) is 0 Å². The Balaban J connectivity index is 1.69. The average Bonchev–Trinajstić information content (AvgIpc) is 2.88. The number of hydrogen-bond acceptors (Lipinski definition) is 2. The summed E-state index contributed by atoms with van der Waals surface area (Å²) in [6, 6.07) is 0. The van der Waals surface area contributed by atoms with E-state index in [9.17, 15) is 0 Å². The van der Waals surface area contributed by atoms with E-state index in [2.05, 4.69) is 6.92 Å². The lowest BCUT2D eigenvalue weighted by atomic mass is 9.97. The van der Waals surface area contributed by atoms with Gasteiger partial charge in [-0.05, 0) is 19.8 Å². The van der Waals surface area contributed by atoms with Crippen LogP contribution in [0.4, 0.5) is 0 Å². The number of hydrogen-bond donors (Lipinski definition) is 0. The zero-order valence-corrected chi connectivity index (χ0v) is 7.79. The molecule has 0 aromatic carbocycles. The van der Waals surface area contributed by atoms with Crippen LogP contribution in [0.5, 0.6) is 0 Å². The summed E-state index contributed by atoms with van der Waals surface area (Å²) in [5.74, 6) is 0. The lowest BCUT2D eigenvalue weighted by Gasteiger charge is -2.24. The van der Waals surface area contributed by atoms with E-state index in [-0.39, 0.29) is 0 Å². The number of ether oxygens (including phenoxy) is 2. The van der Waals surface area contributed by atoms with E-state index in [0.717, 1.165) is 6.61 Å². The minimum atomic E-state index is 0.327. The molecular formula is C10H18O2. The molecule has 2 atom stereocenters. The Morgan fingerprint density at radius 2 is 1.92 bits per heavy atom. The lowest BCUT2D eigenvalue weighted by Crippen LogP contribution is -2.25. The van der Waals surface area contributed by atoms with Gasteiger partial charge in [0.1, 0.15) is 6.10 Å². The maximum Gasteiger partial charge on any atom is 0.107 e. The van der Waals surface area contributed by atoms with Crippen LogP contribution in [0.3, 0.4) is 0 Å². The van der Waals surface area contributed by atoms with Crippen LogP contribution in [0, 0.1) is 0 Å². The van der Waals surface area contributed by atoms with Gasteiger partial charge < -0.3 is 9.47 Å². The summed E-state index contributed by atoms with van der Waals surface area (Å²) in [4.78, 5) is 0. The van der Waals surface area contributed by atoms with Crippen molar-refractivity contribution in [1.29, 1.82) is 0 Å². The minimum Gasteiger partial charge on any atom is -0.372 e. The van der Waals surface area contributed by atoms with Crippen molar-refractivity contribution in [1.82, 2.24) is 0 Å². The van der Waals surface area contributed by atoms with E-state index in [4.69, 9.17) is 9.47 Å². The van der Waals surface area contributed by atoms with Crippen molar-refractivity contribution >= 4 is 0 Å². The molecule has 0 amide bonds. The Hall–Kier alpha value is -0.0800. The first kappa shape index (κ1) is 8.52. The van der Waals surface area contributed by atoms with Crippen LogP contribution in [0.25, 0.3) is 0 Å². The molecular weight excluding hydrogens is 152 g/mol. The van der Waals surface area contributed by atoms with Crippen molar-refractivity contribution in [3.05, 3.63) is 0 Å². The third-order valence-electron chi connectivity index (χ3n) is 2.84. The lowest BCUT2D eigenvalue weighted by molar-refractivity contribution is -0.0322. The molecule has 0 unspecified atom stereocenters. The molecule has 2 aliphatic rings. The topological polar surface area (TPSA) is 21.8 Å². The van der Waals surface area contributed by atoms with Crippen LogP contribution in [0.2, 0.25) is 0 Å². The maximum absolute atomic E-state index is 5.89. The second-order valence-corrected chi connectivity index (χ2v) is 3.97. The van der Waals surface area contributed by atoms with Gasteiger partial charge >= 0.3 is 0 Å². The summed E-state index contributed by atoms with van der Waals surface area (Å²) < 4.78 is 11.1. The van der Waals surface area contributed by atoms with Crippen LogP contribution < -0.4 is 0 Å². The molecule has 2 rings (SSSR count). The van der Waals surface area contributed by atoms with Crippen LogP contribution in [0.1, 0.15) is 39.0 Å². The van der Waals surface area contributed by atoms with Gasteiger partial charge in [0.15, 0.2) is 0 Å². The molecule has 0 bridgehead atoms. The second kappa shape index (κ2) is 3.75. The third kappa shape index (κ3) is 2.20. The molecule has 0 spiro atoms. The predicted molar refractivity (Wildman–Crippen MR) is 47.2 cm³/mol. The van der Waals surface area contributed by atoms with Crippen molar-refractivity contribution in [2.45, 2.75) is 57.3 Å². The van der Waals surface area contributed by atoms with E-state index in [1.165, 1.54) is 32.1 Å². The van der Waals surface area contributed by atoms with E-state index in [0.29, 0.717) is 18.3 Å². The molecule has 1 aliphatic carbocycles. The molecule has 2 fully saturated rings. The SMILES string of the molecule is C[C@@H](OC1CCCCC1)[C@H]1CO1. The third-order valence-corrected chi connectivity index (χ3v) is 2.84. The number of epoxide rings is 1. The Labute approximate surface area is 74.2 Å². The van der Waals surface area contributed by atoms with Crippen molar-refractivity contribution in [3.63, 3.8) is 0 Å². The first-order valence-electron chi connectivity index (χ1n) is 5.13. The Bertz CT molecular complexity index is 137. The quantitative estimate of drug-likeness (QED) is 0.605. The normalized spacial score (nSPS) is 33.2. The average molecular weight is 170 g/mol. The van der Waals surface area contributed by atoms with Crippen LogP contribution in [0.15, 0.2) is 0 Å². The van der Waals surface area contributed by atoms with Gasteiger partial charge in [0.05, 0.1) is 18.8 Å². The fraction of sp³-hybridized carbons (Fsp3) is 1.00. The van der Waals surface area contributed by atoms with Gasteiger partial charge in [0.2, 0.25) is 0 Å². The predicted octanol–water partition coefficient (Wildman–Crippen LogP) is 2.12.